The van der Waals surface area contributed by atoms with Crippen molar-refractivity contribution in [3.8, 4) is 5.75 Å². The van der Waals surface area contributed by atoms with Crippen LogP contribution in [0.3, 0.4) is 0 Å². The van der Waals surface area contributed by atoms with Crippen LogP contribution in [0.1, 0.15) is 40.5 Å². The van der Waals surface area contributed by atoms with Crippen LogP contribution < -0.4 is 10.1 Å². The van der Waals surface area contributed by atoms with E-state index in [1.165, 1.54) is 47.3 Å². The summed E-state index contributed by atoms with van der Waals surface area (Å²) in [4.78, 5) is 7.47. The highest BCUT2D eigenvalue weighted by Crippen LogP contribution is 2.42. The highest BCUT2D eigenvalue weighted by atomic mass is 32.1. The molecule has 4 heterocycles. The molecule has 3 fully saturated rings. The molecule has 3 aliphatic rings. The van der Waals surface area contributed by atoms with Crippen LogP contribution in [0.25, 0.3) is 10.2 Å². The summed E-state index contributed by atoms with van der Waals surface area (Å²) in [6.07, 6.45) is 2.54. The fourth-order valence-corrected chi connectivity index (χ4v) is 7.20. The van der Waals surface area contributed by atoms with Crippen molar-refractivity contribution in [3.05, 3.63) is 94.5 Å². The number of nitrogens with zero attached hydrogens (tertiary/aromatic N) is 2. The van der Waals surface area contributed by atoms with Crippen molar-refractivity contribution in [2.75, 3.05) is 20.2 Å². The largest absolute Gasteiger partial charge is 0.496 e. The molecule has 0 saturated carbocycles. The second-order valence-electron chi connectivity index (χ2n) is 9.93. The van der Waals surface area contributed by atoms with Gasteiger partial charge in [0.15, 0.2) is 0 Å². The average molecular weight is 484 g/mol. The van der Waals surface area contributed by atoms with Gasteiger partial charge in [0.25, 0.3) is 0 Å². The zero-order valence-electron chi connectivity index (χ0n) is 20.5. The van der Waals surface area contributed by atoms with Gasteiger partial charge in [0.2, 0.25) is 0 Å². The number of rotatable bonds is 7. The quantitative estimate of drug-likeness (QED) is 0.350. The first-order valence-electron chi connectivity index (χ1n) is 12.7. The van der Waals surface area contributed by atoms with Gasteiger partial charge in [-0.25, -0.2) is 4.98 Å². The Labute approximate surface area is 212 Å². The molecule has 0 spiro atoms. The van der Waals surface area contributed by atoms with Gasteiger partial charge in [0.1, 0.15) is 5.75 Å². The number of aromatic nitrogens is 1. The number of methoxy groups -OCH3 is 1. The monoisotopic (exact) mass is 483 g/mol. The van der Waals surface area contributed by atoms with Crippen molar-refractivity contribution in [2.45, 2.75) is 44.3 Å². The maximum atomic E-state index is 5.81. The van der Waals surface area contributed by atoms with Crippen LogP contribution >= 0.6 is 11.3 Å². The third-order valence-corrected chi connectivity index (χ3v) is 8.89. The van der Waals surface area contributed by atoms with Gasteiger partial charge in [-0.1, -0.05) is 60.7 Å². The van der Waals surface area contributed by atoms with E-state index in [0.29, 0.717) is 23.9 Å². The highest BCUT2D eigenvalue weighted by molar-refractivity contribution is 7.18. The van der Waals surface area contributed by atoms with Gasteiger partial charge >= 0.3 is 0 Å². The van der Waals surface area contributed by atoms with Crippen LogP contribution in [0, 0.1) is 12.8 Å². The van der Waals surface area contributed by atoms with Gasteiger partial charge in [-0.05, 0) is 62.0 Å². The van der Waals surface area contributed by atoms with E-state index in [4.69, 9.17) is 9.72 Å². The van der Waals surface area contributed by atoms with E-state index in [1.54, 1.807) is 18.4 Å². The molecule has 3 aliphatic heterocycles. The molecular formula is C30H33N3OS. The van der Waals surface area contributed by atoms with E-state index in [2.05, 4.69) is 89.9 Å². The van der Waals surface area contributed by atoms with Crippen molar-refractivity contribution < 1.29 is 4.74 Å². The molecule has 7 rings (SSSR count). The predicted molar refractivity (Wildman–Crippen MR) is 144 cm³/mol. The average Bonchev–Trinajstić information content (AvgIpc) is 3.28. The lowest BCUT2D eigenvalue weighted by Gasteiger charge is -2.54. The third kappa shape index (κ3) is 4.37. The maximum Gasteiger partial charge on any atom is 0.124 e. The molecule has 2 bridgehead atoms. The van der Waals surface area contributed by atoms with Crippen LogP contribution in [-0.2, 0) is 6.54 Å². The Kier molecular flexibility index (Phi) is 6.31. The first-order valence-corrected chi connectivity index (χ1v) is 13.5. The standard InChI is InChI=1S/C30H33N3OS/c1-20-32-25-17-24(26(34-2)18-27(25)35-20)19-31-29-23-13-15-33(16-14-23)30(29)28(21-9-5-3-6-10-21)22-11-7-4-8-12-22/h3-12,17-18,23,28-31H,13-16,19H2,1-2H3/t29-,30+/m0/s1. The molecule has 5 heteroatoms. The minimum absolute atomic E-state index is 0.337. The Hall–Kier alpha value is -2.73. The summed E-state index contributed by atoms with van der Waals surface area (Å²) in [5.74, 6) is 1.98. The molecule has 1 N–H and O–H groups in total. The Morgan fingerprint density at radius 2 is 1.66 bits per heavy atom. The summed E-state index contributed by atoms with van der Waals surface area (Å²) >= 11 is 1.73. The molecule has 0 aliphatic carbocycles. The van der Waals surface area contributed by atoms with E-state index in [1.807, 2.05) is 0 Å². The number of thiazole rings is 1. The number of piperidine rings is 3. The molecule has 4 aromatic rings. The summed E-state index contributed by atoms with van der Waals surface area (Å²) in [7, 11) is 1.77. The first-order chi connectivity index (χ1) is 17.2. The minimum Gasteiger partial charge on any atom is -0.496 e. The molecule has 2 atom stereocenters. The van der Waals surface area contributed by atoms with Crippen molar-refractivity contribution in [2.24, 2.45) is 5.92 Å². The Balaban J connectivity index is 1.35. The maximum absolute atomic E-state index is 5.81. The normalized spacial score (nSPS) is 23.7. The number of fused-ring (bicyclic) bond motifs is 4. The Bertz CT molecular complexity index is 1240. The smallest absolute Gasteiger partial charge is 0.124 e. The number of aryl methyl sites for hydroxylation is 1. The van der Waals surface area contributed by atoms with Crippen molar-refractivity contribution in [1.29, 1.82) is 0 Å². The molecular weight excluding hydrogens is 450 g/mol. The van der Waals surface area contributed by atoms with Gasteiger partial charge in [0.05, 0.1) is 22.3 Å². The fourth-order valence-electron chi connectivity index (χ4n) is 6.37. The van der Waals surface area contributed by atoms with Crippen LogP contribution in [0.2, 0.25) is 0 Å². The third-order valence-electron chi connectivity index (χ3n) is 7.96. The minimum atomic E-state index is 0.337. The second-order valence-corrected chi connectivity index (χ2v) is 11.2. The first kappa shape index (κ1) is 22.7. The Morgan fingerprint density at radius 1 is 1.00 bits per heavy atom. The summed E-state index contributed by atoms with van der Waals surface area (Å²) in [5, 5.41) is 5.14. The summed E-state index contributed by atoms with van der Waals surface area (Å²) < 4.78 is 7.00. The van der Waals surface area contributed by atoms with E-state index >= 15 is 0 Å². The summed E-state index contributed by atoms with van der Waals surface area (Å²) in [6, 6.07) is 27.4. The number of hydrogen-bond acceptors (Lipinski definition) is 5. The van der Waals surface area contributed by atoms with Gasteiger partial charge in [-0.2, -0.15) is 0 Å². The van der Waals surface area contributed by atoms with Crippen molar-refractivity contribution in [1.82, 2.24) is 15.2 Å². The zero-order chi connectivity index (χ0) is 23.8. The predicted octanol–water partition coefficient (Wildman–Crippen LogP) is 6.00. The van der Waals surface area contributed by atoms with E-state index in [-0.39, 0.29) is 0 Å². The number of nitrogens with one attached hydrogen (secondary N) is 1. The lowest BCUT2D eigenvalue weighted by atomic mass is 9.70. The van der Waals surface area contributed by atoms with E-state index in [9.17, 15) is 0 Å². The topological polar surface area (TPSA) is 37.4 Å². The van der Waals surface area contributed by atoms with Crippen molar-refractivity contribution >= 4 is 21.6 Å². The molecule has 3 saturated heterocycles. The molecule has 180 valence electrons. The SMILES string of the molecule is COc1cc2sc(C)nc2cc1CN[C@H]1C2CCN(CC2)[C@@H]1C(c1ccccc1)c1ccccc1. The second kappa shape index (κ2) is 9.73. The van der Waals surface area contributed by atoms with Gasteiger partial charge in [-0.3, -0.25) is 4.90 Å². The van der Waals surface area contributed by atoms with Gasteiger partial charge < -0.3 is 10.1 Å². The molecule has 35 heavy (non-hydrogen) atoms. The lowest BCUT2D eigenvalue weighted by Crippen LogP contribution is -2.64. The van der Waals surface area contributed by atoms with Gasteiger partial charge in [0, 0.05) is 30.1 Å². The summed E-state index contributed by atoms with van der Waals surface area (Å²) in [6.45, 7) is 5.24. The lowest BCUT2D eigenvalue weighted by molar-refractivity contribution is 0.00462. The molecule has 0 amide bonds. The van der Waals surface area contributed by atoms with Crippen LogP contribution in [0.4, 0.5) is 0 Å². The van der Waals surface area contributed by atoms with Crippen molar-refractivity contribution in [3.63, 3.8) is 0 Å². The number of ether oxygens (including phenoxy) is 1. The fraction of sp³-hybridized carbons (Fsp3) is 0.367. The highest BCUT2D eigenvalue weighted by Gasteiger charge is 2.46. The number of hydrogen-bond donors (Lipinski definition) is 1. The molecule has 0 radical (unpaired) electrons. The Morgan fingerprint density at radius 3 is 2.29 bits per heavy atom. The van der Waals surface area contributed by atoms with E-state index in [0.717, 1.165) is 22.8 Å². The summed E-state index contributed by atoms with van der Waals surface area (Å²) in [5.41, 5.74) is 5.07. The van der Waals surface area contributed by atoms with Crippen LogP contribution in [0.5, 0.6) is 5.75 Å². The van der Waals surface area contributed by atoms with E-state index < -0.39 is 0 Å². The molecule has 4 nitrogen and oxygen atoms in total. The number of benzene rings is 3. The molecule has 0 unspecified atom stereocenters. The zero-order valence-corrected chi connectivity index (χ0v) is 21.3. The van der Waals surface area contributed by atoms with Crippen LogP contribution in [0.15, 0.2) is 72.8 Å². The van der Waals surface area contributed by atoms with Gasteiger partial charge in [-0.15, -0.1) is 11.3 Å². The van der Waals surface area contributed by atoms with Crippen LogP contribution in [-0.4, -0.2) is 42.2 Å². The molecule has 3 aromatic carbocycles. The molecule has 1 aromatic heterocycles.